The fourth-order valence-electron chi connectivity index (χ4n) is 3.17. The Hall–Kier alpha value is -0.810. The first kappa shape index (κ1) is 18.2. The molecule has 122 valence electrons. The Kier molecular flexibility index (Phi) is 7.46. The molecule has 1 saturated carbocycles. The molecule has 2 fully saturated rings. The predicted octanol–water partition coefficient (Wildman–Crippen LogP) is 1.31. The number of rotatable bonds is 3. The van der Waals surface area contributed by atoms with Crippen molar-refractivity contribution in [3.63, 3.8) is 0 Å². The van der Waals surface area contributed by atoms with Crippen molar-refractivity contribution in [3.05, 3.63) is 0 Å². The molecule has 0 aromatic heterocycles. The lowest BCUT2D eigenvalue weighted by Crippen LogP contribution is -2.57. The van der Waals surface area contributed by atoms with E-state index in [-0.39, 0.29) is 36.2 Å². The van der Waals surface area contributed by atoms with E-state index >= 15 is 0 Å². The highest BCUT2D eigenvalue weighted by Gasteiger charge is 2.29. The van der Waals surface area contributed by atoms with Crippen LogP contribution >= 0.6 is 12.4 Å². The van der Waals surface area contributed by atoms with Crippen LogP contribution in [0.2, 0.25) is 0 Å². The van der Waals surface area contributed by atoms with Crippen molar-refractivity contribution in [3.8, 4) is 0 Å². The van der Waals surface area contributed by atoms with Crippen molar-refractivity contribution in [1.82, 2.24) is 15.5 Å². The van der Waals surface area contributed by atoms with Crippen LogP contribution in [0, 0.1) is 5.92 Å². The highest BCUT2D eigenvalue weighted by atomic mass is 35.5. The molecule has 0 spiro atoms. The molecule has 6 heteroatoms. The van der Waals surface area contributed by atoms with Crippen molar-refractivity contribution in [2.24, 2.45) is 5.92 Å². The number of hydrogen-bond donors (Lipinski definition) is 2. The van der Waals surface area contributed by atoms with Gasteiger partial charge in [-0.15, -0.1) is 12.4 Å². The molecule has 0 aromatic rings. The van der Waals surface area contributed by atoms with Gasteiger partial charge in [-0.2, -0.15) is 0 Å². The summed E-state index contributed by atoms with van der Waals surface area (Å²) in [5.41, 5.74) is 0. The topological polar surface area (TPSA) is 61.4 Å². The lowest BCUT2D eigenvalue weighted by molar-refractivity contribution is -0.139. The average molecular weight is 318 g/mol. The van der Waals surface area contributed by atoms with Crippen LogP contribution in [-0.4, -0.2) is 48.4 Å². The molecule has 2 amide bonds. The van der Waals surface area contributed by atoms with Crippen LogP contribution in [0.1, 0.15) is 46.0 Å². The molecule has 0 unspecified atom stereocenters. The Balaban J connectivity index is 0.00000220. The summed E-state index contributed by atoms with van der Waals surface area (Å²) in [6.07, 6.45) is 5.44. The van der Waals surface area contributed by atoms with Gasteiger partial charge in [0, 0.05) is 31.6 Å². The minimum Gasteiger partial charge on any atom is -0.344 e. The van der Waals surface area contributed by atoms with Crippen molar-refractivity contribution in [2.45, 2.75) is 58.0 Å². The molecule has 2 aliphatic rings. The molecule has 5 nitrogen and oxygen atoms in total. The maximum atomic E-state index is 12.4. The third-order valence-corrected chi connectivity index (χ3v) is 4.49. The summed E-state index contributed by atoms with van der Waals surface area (Å²) < 4.78 is 0. The van der Waals surface area contributed by atoms with Crippen LogP contribution in [-0.2, 0) is 9.59 Å². The highest BCUT2D eigenvalue weighted by molar-refractivity contribution is 5.88. The summed E-state index contributed by atoms with van der Waals surface area (Å²) in [6, 6.07) is -0.213. The molecule has 0 aromatic carbocycles. The Morgan fingerprint density at radius 3 is 2.52 bits per heavy atom. The van der Waals surface area contributed by atoms with E-state index in [1.807, 2.05) is 11.8 Å². The summed E-state index contributed by atoms with van der Waals surface area (Å²) in [6.45, 7) is 6.23. The second-order valence-corrected chi connectivity index (χ2v) is 6.15. The largest absolute Gasteiger partial charge is 0.344 e. The first-order valence-corrected chi connectivity index (χ1v) is 7.91. The van der Waals surface area contributed by atoms with Gasteiger partial charge < -0.3 is 15.5 Å². The minimum atomic E-state index is -0.412. The molecular formula is C15H28ClN3O2. The third-order valence-electron chi connectivity index (χ3n) is 4.49. The Morgan fingerprint density at radius 1 is 1.24 bits per heavy atom. The average Bonchev–Trinajstić information content (AvgIpc) is 2.48. The maximum Gasteiger partial charge on any atom is 0.245 e. The standard InChI is InChI=1S/C15H27N3O2.ClH/c1-11-10-16-8-9-18(11)15(20)12(2)17-14(19)13-6-4-3-5-7-13;/h11-13,16H,3-10H2,1-2H3,(H,17,19);1H/t11-,12+;/m1./s1. The first-order valence-electron chi connectivity index (χ1n) is 7.91. The Morgan fingerprint density at radius 2 is 1.90 bits per heavy atom. The smallest absolute Gasteiger partial charge is 0.245 e. The number of amides is 2. The van der Waals surface area contributed by atoms with E-state index in [1.54, 1.807) is 6.92 Å². The highest BCUT2D eigenvalue weighted by Crippen LogP contribution is 2.23. The zero-order chi connectivity index (χ0) is 14.5. The molecule has 1 saturated heterocycles. The van der Waals surface area contributed by atoms with Gasteiger partial charge in [0.05, 0.1) is 0 Å². The van der Waals surface area contributed by atoms with E-state index in [1.165, 1.54) is 6.42 Å². The van der Waals surface area contributed by atoms with Crippen LogP contribution in [0.15, 0.2) is 0 Å². The van der Waals surface area contributed by atoms with E-state index < -0.39 is 6.04 Å². The quantitative estimate of drug-likeness (QED) is 0.825. The van der Waals surface area contributed by atoms with E-state index in [2.05, 4.69) is 10.6 Å². The molecule has 1 aliphatic carbocycles. The Bertz CT molecular complexity index is 359. The van der Waals surface area contributed by atoms with E-state index in [4.69, 9.17) is 0 Å². The van der Waals surface area contributed by atoms with Gasteiger partial charge in [-0.3, -0.25) is 9.59 Å². The minimum absolute atomic E-state index is 0. The SMILES string of the molecule is C[C@H](NC(=O)C1CCCCC1)C(=O)N1CCNC[C@H]1C.Cl. The molecule has 21 heavy (non-hydrogen) atoms. The lowest BCUT2D eigenvalue weighted by atomic mass is 9.88. The van der Waals surface area contributed by atoms with Crippen LogP contribution in [0.25, 0.3) is 0 Å². The molecule has 1 heterocycles. The zero-order valence-electron chi connectivity index (χ0n) is 13.1. The Labute approximate surface area is 133 Å². The van der Waals surface area contributed by atoms with E-state index in [0.717, 1.165) is 45.3 Å². The number of hydrogen-bond acceptors (Lipinski definition) is 3. The van der Waals surface area contributed by atoms with Crippen LogP contribution < -0.4 is 10.6 Å². The molecule has 2 atom stereocenters. The normalized spacial score (nSPS) is 24.9. The number of carbonyl (C=O) groups is 2. The van der Waals surface area contributed by atoms with Gasteiger partial charge in [0.1, 0.15) is 6.04 Å². The zero-order valence-corrected chi connectivity index (χ0v) is 13.9. The van der Waals surface area contributed by atoms with Crippen LogP contribution in [0.5, 0.6) is 0 Å². The van der Waals surface area contributed by atoms with Gasteiger partial charge in [0.15, 0.2) is 0 Å². The van der Waals surface area contributed by atoms with E-state index in [9.17, 15) is 9.59 Å². The summed E-state index contributed by atoms with van der Waals surface area (Å²) in [7, 11) is 0. The van der Waals surface area contributed by atoms with Gasteiger partial charge in [0.2, 0.25) is 11.8 Å². The first-order chi connectivity index (χ1) is 9.59. The van der Waals surface area contributed by atoms with Crippen molar-refractivity contribution in [2.75, 3.05) is 19.6 Å². The molecule has 2 rings (SSSR count). The van der Waals surface area contributed by atoms with Crippen molar-refractivity contribution < 1.29 is 9.59 Å². The third kappa shape index (κ3) is 4.85. The molecule has 0 bridgehead atoms. The summed E-state index contributed by atoms with van der Waals surface area (Å²) >= 11 is 0. The van der Waals surface area contributed by atoms with Gasteiger partial charge in [-0.05, 0) is 26.7 Å². The second-order valence-electron chi connectivity index (χ2n) is 6.15. The van der Waals surface area contributed by atoms with Crippen LogP contribution in [0.4, 0.5) is 0 Å². The van der Waals surface area contributed by atoms with Crippen LogP contribution in [0.3, 0.4) is 0 Å². The molecular weight excluding hydrogens is 290 g/mol. The number of halogens is 1. The number of piperazine rings is 1. The number of nitrogens with one attached hydrogen (secondary N) is 2. The van der Waals surface area contributed by atoms with Gasteiger partial charge in [0.25, 0.3) is 0 Å². The molecule has 0 radical (unpaired) electrons. The van der Waals surface area contributed by atoms with Gasteiger partial charge in [-0.25, -0.2) is 0 Å². The fraction of sp³-hybridized carbons (Fsp3) is 0.867. The summed E-state index contributed by atoms with van der Waals surface area (Å²) in [4.78, 5) is 26.5. The monoisotopic (exact) mass is 317 g/mol. The maximum absolute atomic E-state index is 12.4. The van der Waals surface area contributed by atoms with Crippen molar-refractivity contribution >= 4 is 24.2 Å². The summed E-state index contributed by atoms with van der Waals surface area (Å²) in [5.74, 6) is 0.218. The summed E-state index contributed by atoms with van der Waals surface area (Å²) in [5, 5.41) is 6.19. The van der Waals surface area contributed by atoms with E-state index in [0.29, 0.717) is 0 Å². The molecule has 1 aliphatic heterocycles. The number of nitrogens with zero attached hydrogens (tertiary/aromatic N) is 1. The van der Waals surface area contributed by atoms with Gasteiger partial charge >= 0.3 is 0 Å². The molecule has 2 N–H and O–H groups in total. The fourth-order valence-corrected chi connectivity index (χ4v) is 3.17. The lowest BCUT2D eigenvalue weighted by Gasteiger charge is -2.36. The predicted molar refractivity (Wildman–Crippen MR) is 85.5 cm³/mol. The van der Waals surface area contributed by atoms with Crippen molar-refractivity contribution in [1.29, 1.82) is 0 Å². The number of carbonyl (C=O) groups excluding carboxylic acids is 2. The van der Waals surface area contributed by atoms with Gasteiger partial charge in [-0.1, -0.05) is 19.3 Å². The second kappa shape index (κ2) is 8.59.